The van der Waals surface area contributed by atoms with Crippen molar-refractivity contribution in [2.24, 2.45) is 0 Å². The topological polar surface area (TPSA) is 98.3 Å². The minimum absolute atomic E-state index is 0.194. The Balaban J connectivity index is 1.93. The van der Waals surface area contributed by atoms with Gasteiger partial charge < -0.3 is 20.3 Å². The Hall–Kier alpha value is -2.05. The average Bonchev–Trinajstić information content (AvgIpc) is 3.06. The lowest BCUT2D eigenvalue weighted by Gasteiger charge is -2.20. The van der Waals surface area contributed by atoms with Crippen molar-refractivity contribution in [2.75, 3.05) is 7.05 Å². The Morgan fingerprint density at radius 2 is 2.39 bits per heavy atom. The lowest BCUT2D eigenvalue weighted by Crippen LogP contribution is -2.48. The molecule has 0 bridgehead atoms. The van der Waals surface area contributed by atoms with Crippen molar-refractivity contribution >= 4 is 12.0 Å². The number of aliphatic carboxylic acids is 1. The van der Waals surface area contributed by atoms with E-state index in [1.165, 1.54) is 6.33 Å². The number of H-pyrrole nitrogens is 1. The van der Waals surface area contributed by atoms with Gasteiger partial charge in [0.2, 0.25) is 0 Å². The Bertz CT molecular complexity index is 428. The van der Waals surface area contributed by atoms with E-state index in [0.717, 1.165) is 12.8 Å². The van der Waals surface area contributed by atoms with Gasteiger partial charge in [0, 0.05) is 31.4 Å². The highest BCUT2D eigenvalue weighted by molar-refractivity contribution is 5.82. The number of carboxylic acids is 1. The molecule has 1 saturated carbocycles. The zero-order valence-electron chi connectivity index (χ0n) is 10.1. The molecule has 1 aliphatic rings. The Labute approximate surface area is 104 Å². The smallest absolute Gasteiger partial charge is 0.326 e. The molecule has 1 aliphatic carbocycles. The van der Waals surface area contributed by atoms with Crippen molar-refractivity contribution in [1.82, 2.24) is 20.2 Å². The second-order valence-electron chi connectivity index (χ2n) is 4.46. The predicted octanol–water partition coefficient (Wildman–Crippen LogP) is 0.209. The summed E-state index contributed by atoms with van der Waals surface area (Å²) >= 11 is 0. The Morgan fingerprint density at radius 3 is 2.89 bits per heavy atom. The zero-order valence-corrected chi connectivity index (χ0v) is 10.1. The molecule has 1 aromatic heterocycles. The van der Waals surface area contributed by atoms with Gasteiger partial charge in [0.1, 0.15) is 6.04 Å². The summed E-state index contributed by atoms with van der Waals surface area (Å²) in [6.07, 6.45) is 5.20. The maximum absolute atomic E-state index is 11.8. The number of amides is 2. The molecular formula is C11H16N4O3. The quantitative estimate of drug-likeness (QED) is 0.697. The van der Waals surface area contributed by atoms with E-state index in [1.54, 1.807) is 18.1 Å². The summed E-state index contributed by atoms with van der Waals surface area (Å²) in [6.45, 7) is 0. The standard InChI is InChI=1S/C11H16N4O3/c1-15(8-2-3-8)11(18)14-9(10(16)17)4-7-5-12-6-13-7/h5-6,8-9H,2-4H2,1H3,(H,12,13)(H,14,18)(H,16,17)/t9-/m1/s1. The number of aromatic amines is 1. The molecule has 0 aromatic carbocycles. The molecule has 1 fully saturated rings. The van der Waals surface area contributed by atoms with Gasteiger partial charge >= 0.3 is 12.0 Å². The van der Waals surface area contributed by atoms with E-state index >= 15 is 0 Å². The maximum Gasteiger partial charge on any atom is 0.326 e. The summed E-state index contributed by atoms with van der Waals surface area (Å²) in [5.41, 5.74) is 0.678. The molecule has 3 N–H and O–H groups in total. The zero-order chi connectivity index (χ0) is 13.1. The van der Waals surface area contributed by atoms with Gasteiger partial charge in [-0.1, -0.05) is 0 Å². The van der Waals surface area contributed by atoms with Crippen LogP contribution in [-0.4, -0.2) is 51.1 Å². The number of hydrogen-bond donors (Lipinski definition) is 3. The van der Waals surface area contributed by atoms with E-state index in [1.807, 2.05) is 0 Å². The first-order valence-electron chi connectivity index (χ1n) is 5.81. The van der Waals surface area contributed by atoms with Crippen molar-refractivity contribution in [3.05, 3.63) is 18.2 Å². The summed E-state index contributed by atoms with van der Waals surface area (Å²) in [5.74, 6) is -1.05. The summed E-state index contributed by atoms with van der Waals surface area (Å²) in [4.78, 5) is 31.1. The fraction of sp³-hybridized carbons (Fsp3) is 0.545. The first-order chi connectivity index (χ1) is 8.58. The lowest BCUT2D eigenvalue weighted by atomic mass is 10.1. The van der Waals surface area contributed by atoms with Crippen LogP contribution in [0.5, 0.6) is 0 Å². The predicted molar refractivity (Wildman–Crippen MR) is 63.0 cm³/mol. The molecule has 0 unspecified atom stereocenters. The molecule has 0 saturated heterocycles. The highest BCUT2D eigenvalue weighted by atomic mass is 16.4. The van der Waals surface area contributed by atoms with Crippen LogP contribution in [0.25, 0.3) is 0 Å². The number of nitrogens with one attached hydrogen (secondary N) is 2. The first kappa shape index (κ1) is 12.4. The number of carboxylic acid groups (broad SMARTS) is 1. The van der Waals surface area contributed by atoms with Gasteiger partial charge in [-0.15, -0.1) is 0 Å². The summed E-state index contributed by atoms with van der Waals surface area (Å²) in [7, 11) is 1.68. The van der Waals surface area contributed by atoms with Crippen LogP contribution in [0.15, 0.2) is 12.5 Å². The Morgan fingerprint density at radius 1 is 1.67 bits per heavy atom. The van der Waals surface area contributed by atoms with Gasteiger partial charge in [-0.05, 0) is 12.8 Å². The monoisotopic (exact) mass is 252 g/mol. The van der Waals surface area contributed by atoms with Crippen molar-refractivity contribution in [2.45, 2.75) is 31.3 Å². The fourth-order valence-electron chi connectivity index (χ4n) is 1.69. The van der Waals surface area contributed by atoms with E-state index in [0.29, 0.717) is 5.69 Å². The van der Waals surface area contributed by atoms with Crippen LogP contribution >= 0.6 is 0 Å². The van der Waals surface area contributed by atoms with Crippen LogP contribution < -0.4 is 5.32 Å². The molecule has 2 rings (SSSR count). The molecule has 7 nitrogen and oxygen atoms in total. The van der Waals surface area contributed by atoms with Crippen LogP contribution in [0.3, 0.4) is 0 Å². The fourth-order valence-corrected chi connectivity index (χ4v) is 1.69. The van der Waals surface area contributed by atoms with Crippen LogP contribution in [0.1, 0.15) is 18.5 Å². The van der Waals surface area contributed by atoms with Gasteiger partial charge in [-0.2, -0.15) is 0 Å². The van der Waals surface area contributed by atoms with Crippen molar-refractivity contribution in [1.29, 1.82) is 0 Å². The molecular weight excluding hydrogens is 236 g/mol. The molecule has 98 valence electrons. The SMILES string of the molecule is CN(C(=O)N[C@H](Cc1cnc[nH]1)C(=O)O)C1CC1. The van der Waals surface area contributed by atoms with Crippen LogP contribution in [0.2, 0.25) is 0 Å². The molecule has 1 heterocycles. The van der Waals surface area contributed by atoms with E-state index < -0.39 is 12.0 Å². The number of rotatable bonds is 5. The number of urea groups is 1. The number of aromatic nitrogens is 2. The van der Waals surface area contributed by atoms with Gasteiger partial charge in [0.25, 0.3) is 0 Å². The molecule has 2 amide bonds. The second-order valence-corrected chi connectivity index (χ2v) is 4.46. The van der Waals surface area contributed by atoms with Gasteiger partial charge in [0.15, 0.2) is 0 Å². The van der Waals surface area contributed by atoms with E-state index in [9.17, 15) is 9.59 Å². The third kappa shape index (κ3) is 2.99. The minimum atomic E-state index is -1.05. The largest absolute Gasteiger partial charge is 0.480 e. The van der Waals surface area contributed by atoms with Gasteiger partial charge in [-0.25, -0.2) is 14.6 Å². The molecule has 18 heavy (non-hydrogen) atoms. The van der Waals surface area contributed by atoms with E-state index in [4.69, 9.17) is 5.11 Å². The summed E-state index contributed by atoms with van der Waals surface area (Å²) in [6, 6.07) is -1.03. The maximum atomic E-state index is 11.8. The van der Waals surface area contributed by atoms with Crippen molar-refractivity contribution in [3.63, 3.8) is 0 Å². The van der Waals surface area contributed by atoms with Crippen LogP contribution in [-0.2, 0) is 11.2 Å². The van der Waals surface area contributed by atoms with Crippen molar-refractivity contribution in [3.8, 4) is 0 Å². The normalized spacial score (nSPS) is 16.1. The van der Waals surface area contributed by atoms with Crippen molar-refractivity contribution < 1.29 is 14.7 Å². The third-order valence-electron chi connectivity index (χ3n) is 2.99. The molecule has 1 aromatic rings. The molecule has 0 radical (unpaired) electrons. The highest BCUT2D eigenvalue weighted by Crippen LogP contribution is 2.25. The number of carbonyl (C=O) groups is 2. The first-order valence-corrected chi connectivity index (χ1v) is 5.81. The van der Waals surface area contributed by atoms with Gasteiger partial charge in [-0.3, -0.25) is 0 Å². The number of imidazole rings is 1. The summed E-state index contributed by atoms with van der Waals surface area (Å²) < 4.78 is 0. The lowest BCUT2D eigenvalue weighted by molar-refractivity contribution is -0.139. The molecule has 7 heteroatoms. The van der Waals surface area contributed by atoms with E-state index in [-0.39, 0.29) is 18.5 Å². The number of hydrogen-bond acceptors (Lipinski definition) is 3. The van der Waals surface area contributed by atoms with E-state index in [2.05, 4.69) is 15.3 Å². The second kappa shape index (κ2) is 5.07. The highest BCUT2D eigenvalue weighted by Gasteiger charge is 2.31. The minimum Gasteiger partial charge on any atom is -0.480 e. The molecule has 1 atom stereocenters. The third-order valence-corrected chi connectivity index (χ3v) is 2.99. The van der Waals surface area contributed by atoms with Gasteiger partial charge in [0.05, 0.1) is 6.33 Å². The number of carbonyl (C=O) groups excluding carboxylic acids is 1. The number of nitrogens with zero attached hydrogens (tertiary/aromatic N) is 2. The average molecular weight is 252 g/mol. The molecule has 0 spiro atoms. The Kier molecular flexibility index (Phi) is 3.50. The summed E-state index contributed by atoms with van der Waals surface area (Å²) in [5, 5.41) is 11.6. The van der Waals surface area contributed by atoms with Crippen LogP contribution in [0, 0.1) is 0 Å². The van der Waals surface area contributed by atoms with Crippen LogP contribution in [0.4, 0.5) is 4.79 Å². The molecule has 0 aliphatic heterocycles.